The molecular formula is C35H49N3O3. The number of amides is 2. The van der Waals surface area contributed by atoms with Gasteiger partial charge in [0.05, 0.1) is 20.2 Å². The van der Waals surface area contributed by atoms with Crippen LogP contribution in [0.15, 0.2) is 72.9 Å². The molecule has 0 aliphatic heterocycles. The molecule has 1 unspecified atom stereocenters. The van der Waals surface area contributed by atoms with E-state index in [0.717, 1.165) is 54.7 Å². The van der Waals surface area contributed by atoms with Gasteiger partial charge in [0.25, 0.3) is 0 Å². The van der Waals surface area contributed by atoms with E-state index < -0.39 is 0 Å². The largest absolute Gasteiger partial charge is 0.497 e. The van der Waals surface area contributed by atoms with Crippen LogP contribution in [0.1, 0.15) is 76.6 Å². The summed E-state index contributed by atoms with van der Waals surface area (Å²) in [5.41, 5.74) is 3.25. The number of unbranched alkanes of at least 4 members (excludes halogenated alkanes) is 1. The zero-order valence-corrected chi connectivity index (χ0v) is 25.7. The Balaban J connectivity index is 1.84. The van der Waals surface area contributed by atoms with Crippen molar-refractivity contribution in [2.45, 2.75) is 79.4 Å². The molecule has 2 amide bonds. The number of benzene rings is 2. The van der Waals surface area contributed by atoms with Crippen molar-refractivity contribution in [3.05, 3.63) is 89.7 Å². The van der Waals surface area contributed by atoms with Gasteiger partial charge in [-0.2, -0.15) is 0 Å². The van der Waals surface area contributed by atoms with Crippen molar-refractivity contribution in [2.24, 2.45) is 11.8 Å². The van der Waals surface area contributed by atoms with Crippen molar-refractivity contribution < 1.29 is 14.3 Å². The summed E-state index contributed by atoms with van der Waals surface area (Å²) in [6.45, 7) is 10.9. The topological polar surface area (TPSA) is 54.8 Å². The Morgan fingerprint density at radius 2 is 1.63 bits per heavy atom. The van der Waals surface area contributed by atoms with E-state index in [9.17, 15) is 9.59 Å². The molecule has 6 nitrogen and oxygen atoms in total. The Bertz CT molecular complexity index is 1200. The van der Waals surface area contributed by atoms with Gasteiger partial charge in [0.2, 0.25) is 11.8 Å². The molecule has 0 bridgehead atoms. The average molecular weight is 560 g/mol. The average Bonchev–Trinajstić information content (AvgIpc) is 3.41. The first-order valence-corrected chi connectivity index (χ1v) is 15.2. The lowest BCUT2D eigenvalue weighted by molar-refractivity contribution is -0.144. The molecule has 3 aromatic rings. The lowest BCUT2D eigenvalue weighted by Crippen LogP contribution is -2.45. The third-order valence-electron chi connectivity index (χ3n) is 7.69. The fourth-order valence-corrected chi connectivity index (χ4v) is 5.10. The van der Waals surface area contributed by atoms with Gasteiger partial charge in [0.15, 0.2) is 0 Å². The van der Waals surface area contributed by atoms with Crippen molar-refractivity contribution in [3.63, 3.8) is 0 Å². The third-order valence-corrected chi connectivity index (χ3v) is 7.69. The van der Waals surface area contributed by atoms with Gasteiger partial charge in [-0.15, -0.1) is 0 Å². The molecule has 0 aliphatic rings. The van der Waals surface area contributed by atoms with Gasteiger partial charge in [-0.05, 0) is 60.6 Å². The minimum absolute atomic E-state index is 0.0227. The molecule has 41 heavy (non-hydrogen) atoms. The van der Waals surface area contributed by atoms with E-state index in [1.807, 2.05) is 52.3 Å². The molecule has 3 rings (SSSR count). The molecule has 0 fully saturated rings. The molecule has 222 valence electrons. The maximum atomic E-state index is 14.0. The molecule has 1 atom stereocenters. The molecule has 6 heteroatoms. The second-order valence-corrected chi connectivity index (χ2v) is 11.4. The zero-order valence-electron chi connectivity index (χ0n) is 25.7. The van der Waals surface area contributed by atoms with Crippen LogP contribution in [0.5, 0.6) is 5.75 Å². The predicted molar refractivity (Wildman–Crippen MR) is 167 cm³/mol. The van der Waals surface area contributed by atoms with Crippen molar-refractivity contribution >= 4 is 11.8 Å². The quantitative estimate of drug-likeness (QED) is 0.176. The van der Waals surface area contributed by atoms with E-state index in [4.69, 9.17) is 4.74 Å². The van der Waals surface area contributed by atoms with E-state index in [1.165, 1.54) is 0 Å². The maximum absolute atomic E-state index is 14.0. The second-order valence-electron chi connectivity index (χ2n) is 11.4. The van der Waals surface area contributed by atoms with Gasteiger partial charge >= 0.3 is 0 Å². The first-order chi connectivity index (χ1) is 19.8. The summed E-state index contributed by atoms with van der Waals surface area (Å²) in [5, 5.41) is 0. The predicted octanol–water partition coefficient (Wildman–Crippen LogP) is 7.16. The molecule has 1 aromatic heterocycles. The van der Waals surface area contributed by atoms with E-state index in [0.29, 0.717) is 32.1 Å². The summed E-state index contributed by atoms with van der Waals surface area (Å²) in [7, 11) is 1.68. The molecule has 0 aliphatic carbocycles. The third kappa shape index (κ3) is 10.1. The summed E-state index contributed by atoms with van der Waals surface area (Å²) >= 11 is 0. The molecule has 0 saturated heterocycles. The minimum Gasteiger partial charge on any atom is -0.497 e. The number of carbonyl (C=O) groups excluding carboxylic acids is 2. The number of hydrogen-bond acceptors (Lipinski definition) is 3. The molecule has 2 aromatic carbocycles. The van der Waals surface area contributed by atoms with E-state index in [2.05, 4.69) is 62.7 Å². The Hall–Kier alpha value is -3.54. The van der Waals surface area contributed by atoms with E-state index in [-0.39, 0.29) is 24.3 Å². The first kappa shape index (κ1) is 32.0. The summed E-state index contributed by atoms with van der Waals surface area (Å²) in [6.07, 6.45) is 6.71. The highest BCUT2D eigenvalue weighted by molar-refractivity contribution is 5.86. The number of carbonyl (C=O) groups is 2. The van der Waals surface area contributed by atoms with Crippen LogP contribution < -0.4 is 4.74 Å². The number of nitrogens with zero attached hydrogens (tertiary/aromatic N) is 3. The van der Waals surface area contributed by atoms with Gasteiger partial charge in [0.1, 0.15) is 5.75 Å². The molecule has 1 heterocycles. The van der Waals surface area contributed by atoms with Crippen LogP contribution >= 0.6 is 0 Å². The van der Waals surface area contributed by atoms with Crippen LogP contribution in [0.2, 0.25) is 0 Å². The van der Waals surface area contributed by atoms with Crippen LogP contribution in [0, 0.1) is 11.8 Å². The standard InChI is InChI=1S/C35H49N3O3/c1-6-8-17-31(7-2)35(40)37(22-20-28(3)4)27-34(39)38(24-29-14-10-9-11-15-29)26-32-18-13-21-36(32)25-30-16-12-19-33(23-30)41-5/h9-16,18-19,21,23,28,31H,6-8,17,20,22,24-27H2,1-5H3. The normalized spacial score (nSPS) is 11.9. The summed E-state index contributed by atoms with van der Waals surface area (Å²) in [6, 6.07) is 22.3. The van der Waals surface area contributed by atoms with Crippen LogP contribution in [-0.4, -0.2) is 46.4 Å². The van der Waals surface area contributed by atoms with Crippen molar-refractivity contribution in [1.82, 2.24) is 14.4 Å². The van der Waals surface area contributed by atoms with Crippen LogP contribution in [0.25, 0.3) is 0 Å². The Morgan fingerprint density at radius 1 is 0.878 bits per heavy atom. The van der Waals surface area contributed by atoms with Gasteiger partial charge in [0, 0.05) is 37.4 Å². The van der Waals surface area contributed by atoms with Gasteiger partial charge in [-0.25, -0.2) is 0 Å². The lowest BCUT2D eigenvalue weighted by Gasteiger charge is -2.31. The highest BCUT2D eigenvalue weighted by atomic mass is 16.5. The maximum Gasteiger partial charge on any atom is 0.242 e. The smallest absolute Gasteiger partial charge is 0.242 e. The highest BCUT2D eigenvalue weighted by Gasteiger charge is 2.27. The number of methoxy groups -OCH3 is 1. The van der Waals surface area contributed by atoms with Crippen LogP contribution in [0.4, 0.5) is 0 Å². The number of aromatic nitrogens is 1. The Kier molecular flexibility index (Phi) is 13.0. The summed E-state index contributed by atoms with van der Waals surface area (Å²) < 4.78 is 7.59. The first-order valence-electron chi connectivity index (χ1n) is 15.2. The van der Waals surface area contributed by atoms with E-state index >= 15 is 0 Å². The van der Waals surface area contributed by atoms with Crippen molar-refractivity contribution in [3.8, 4) is 5.75 Å². The fourth-order valence-electron chi connectivity index (χ4n) is 5.10. The summed E-state index contributed by atoms with van der Waals surface area (Å²) in [4.78, 5) is 31.4. The second kappa shape index (κ2) is 16.7. The molecule has 0 spiro atoms. The van der Waals surface area contributed by atoms with Crippen molar-refractivity contribution in [2.75, 3.05) is 20.2 Å². The zero-order chi connectivity index (χ0) is 29.6. The van der Waals surface area contributed by atoms with Crippen LogP contribution in [-0.2, 0) is 29.2 Å². The Morgan fingerprint density at radius 3 is 2.32 bits per heavy atom. The molecule has 0 saturated carbocycles. The molecular weight excluding hydrogens is 510 g/mol. The number of ether oxygens (including phenoxy) is 1. The molecule has 0 N–H and O–H groups in total. The van der Waals surface area contributed by atoms with Gasteiger partial charge < -0.3 is 19.1 Å². The van der Waals surface area contributed by atoms with Gasteiger partial charge in [-0.1, -0.05) is 83.0 Å². The van der Waals surface area contributed by atoms with Crippen LogP contribution in [0.3, 0.4) is 0 Å². The van der Waals surface area contributed by atoms with Crippen molar-refractivity contribution in [1.29, 1.82) is 0 Å². The number of hydrogen-bond donors (Lipinski definition) is 0. The van der Waals surface area contributed by atoms with Gasteiger partial charge in [-0.3, -0.25) is 9.59 Å². The summed E-state index contributed by atoms with van der Waals surface area (Å²) in [5.74, 6) is 1.35. The van der Waals surface area contributed by atoms with E-state index in [1.54, 1.807) is 7.11 Å². The molecule has 0 radical (unpaired) electrons. The fraction of sp³-hybridized carbons (Fsp3) is 0.486. The minimum atomic E-state index is -0.0300. The Labute approximate surface area is 247 Å². The lowest BCUT2D eigenvalue weighted by atomic mass is 9.97. The number of rotatable bonds is 17. The highest BCUT2D eigenvalue weighted by Crippen LogP contribution is 2.20. The SMILES string of the molecule is CCCCC(CC)C(=O)N(CCC(C)C)CC(=O)N(Cc1ccccc1)Cc1cccn1Cc1cccc(OC)c1. The monoisotopic (exact) mass is 559 g/mol.